The van der Waals surface area contributed by atoms with Gasteiger partial charge in [0.25, 0.3) is 5.91 Å². The van der Waals surface area contributed by atoms with Crippen LogP contribution in [-0.2, 0) is 4.79 Å². The Balaban J connectivity index is 1.42. The van der Waals surface area contributed by atoms with Crippen molar-refractivity contribution < 1.29 is 4.79 Å². The predicted molar refractivity (Wildman–Crippen MR) is 79.2 cm³/mol. The zero-order valence-corrected chi connectivity index (χ0v) is 11.9. The average Bonchev–Trinajstić information content (AvgIpc) is 2.93. The van der Waals surface area contributed by atoms with E-state index in [0.29, 0.717) is 6.04 Å². The number of carbonyl (C=O) groups excluding carboxylic acids is 1. The summed E-state index contributed by atoms with van der Waals surface area (Å²) in [6.45, 7) is 1.92. The van der Waals surface area contributed by atoms with Crippen LogP contribution in [-0.4, -0.2) is 37.0 Å². The summed E-state index contributed by atoms with van der Waals surface area (Å²) in [5, 5.41) is 3.13. The minimum Gasteiger partial charge on any atom is -0.350 e. The highest BCUT2D eigenvalue weighted by molar-refractivity contribution is 6.01. The lowest BCUT2D eigenvalue weighted by atomic mass is 10.0. The van der Waals surface area contributed by atoms with Crippen LogP contribution in [0.3, 0.4) is 0 Å². The monoisotopic (exact) mass is 268 g/mol. The SMILES string of the molecule is CN1CCCCC1CNC(=O)C1=C2C=C3CC3=C2C=C1. The van der Waals surface area contributed by atoms with E-state index < -0.39 is 0 Å². The number of likely N-dealkylation sites (N-methyl/N-ethyl adjacent to an activating group) is 1. The highest BCUT2D eigenvalue weighted by Crippen LogP contribution is 2.51. The van der Waals surface area contributed by atoms with Gasteiger partial charge in [-0.25, -0.2) is 0 Å². The highest BCUT2D eigenvalue weighted by Gasteiger charge is 2.35. The third kappa shape index (κ3) is 1.88. The molecule has 1 unspecified atom stereocenters. The Labute approximate surface area is 119 Å². The summed E-state index contributed by atoms with van der Waals surface area (Å²) < 4.78 is 0. The molecule has 3 aliphatic carbocycles. The minimum absolute atomic E-state index is 0.0870. The van der Waals surface area contributed by atoms with E-state index in [2.05, 4.69) is 29.4 Å². The number of nitrogens with zero attached hydrogens (tertiary/aromatic N) is 1. The maximum absolute atomic E-state index is 12.4. The first-order valence-electron chi connectivity index (χ1n) is 7.59. The molecular weight excluding hydrogens is 248 g/mol. The van der Waals surface area contributed by atoms with Crippen molar-refractivity contribution in [2.24, 2.45) is 0 Å². The number of fused-ring (bicyclic) bond motifs is 2. The van der Waals surface area contributed by atoms with E-state index >= 15 is 0 Å². The Bertz CT molecular complexity index is 606. The number of rotatable bonds is 3. The summed E-state index contributed by atoms with van der Waals surface area (Å²) in [7, 11) is 2.16. The molecule has 1 amide bonds. The summed E-state index contributed by atoms with van der Waals surface area (Å²) in [6.07, 6.45) is 11.1. The molecule has 1 saturated carbocycles. The first kappa shape index (κ1) is 12.2. The second-order valence-electron chi connectivity index (χ2n) is 6.24. The first-order chi connectivity index (χ1) is 9.74. The van der Waals surface area contributed by atoms with Gasteiger partial charge in [0.1, 0.15) is 0 Å². The molecule has 20 heavy (non-hydrogen) atoms. The molecule has 0 radical (unpaired) electrons. The number of piperidine rings is 1. The fourth-order valence-electron chi connectivity index (χ4n) is 3.54. The van der Waals surface area contributed by atoms with Gasteiger partial charge in [-0.3, -0.25) is 4.79 Å². The molecule has 0 aromatic heterocycles. The van der Waals surface area contributed by atoms with Crippen molar-refractivity contribution in [1.29, 1.82) is 0 Å². The van der Waals surface area contributed by atoms with Gasteiger partial charge in [-0.15, -0.1) is 0 Å². The third-order valence-corrected chi connectivity index (χ3v) is 4.93. The van der Waals surface area contributed by atoms with Crippen LogP contribution in [0.15, 0.2) is 46.1 Å². The molecule has 1 N–H and O–H groups in total. The van der Waals surface area contributed by atoms with Crippen LogP contribution in [0.25, 0.3) is 0 Å². The smallest absolute Gasteiger partial charge is 0.251 e. The van der Waals surface area contributed by atoms with E-state index in [1.165, 1.54) is 36.0 Å². The normalized spacial score (nSPS) is 27.6. The van der Waals surface area contributed by atoms with E-state index in [9.17, 15) is 4.79 Å². The summed E-state index contributed by atoms with van der Waals surface area (Å²) in [4.78, 5) is 14.7. The number of amides is 1. The maximum atomic E-state index is 12.4. The van der Waals surface area contributed by atoms with Crippen molar-refractivity contribution in [3.05, 3.63) is 46.1 Å². The van der Waals surface area contributed by atoms with Gasteiger partial charge in [0.15, 0.2) is 0 Å². The number of nitrogens with one attached hydrogen (secondary N) is 1. The summed E-state index contributed by atoms with van der Waals surface area (Å²) >= 11 is 0. The van der Waals surface area contributed by atoms with E-state index in [4.69, 9.17) is 0 Å². The Hall–Kier alpha value is -1.61. The number of hydrogen-bond donors (Lipinski definition) is 1. The lowest BCUT2D eigenvalue weighted by Gasteiger charge is -2.32. The maximum Gasteiger partial charge on any atom is 0.251 e. The van der Waals surface area contributed by atoms with Gasteiger partial charge in [0.2, 0.25) is 0 Å². The van der Waals surface area contributed by atoms with Crippen molar-refractivity contribution in [3.63, 3.8) is 0 Å². The molecule has 104 valence electrons. The lowest BCUT2D eigenvalue weighted by Crippen LogP contribution is -2.44. The van der Waals surface area contributed by atoms with E-state index in [1.54, 1.807) is 0 Å². The van der Waals surface area contributed by atoms with Crippen LogP contribution < -0.4 is 5.32 Å². The van der Waals surface area contributed by atoms with E-state index in [1.807, 2.05) is 6.08 Å². The fraction of sp³-hybridized carbons (Fsp3) is 0.471. The molecular formula is C17H20N2O. The Morgan fingerprint density at radius 3 is 3.10 bits per heavy atom. The van der Waals surface area contributed by atoms with Gasteiger partial charge in [-0.05, 0) is 67.3 Å². The first-order valence-corrected chi connectivity index (χ1v) is 7.59. The lowest BCUT2D eigenvalue weighted by molar-refractivity contribution is -0.117. The topological polar surface area (TPSA) is 32.3 Å². The Kier molecular flexibility index (Phi) is 2.71. The molecule has 0 bridgehead atoms. The van der Waals surface area contributed by atoms with Crippen LogP contribution in [0.5, 0.6) is 0 Å². The molecule has 0 spiro atoms. The van der Waals surface area contributed by atoms with Gasteiger partial charge >= 0.3 is 0 Å². The van der Waals surface area contributed by atoms with Crippen LogP contribution in [0, 0.1) is 0 Å². The van der Waals surface area contributed by atoms with Gasteiger partial charge in [0.05, 0.1) is 0 Å². The summed E-state index contributed by atoms with van der Waals surface area (Å²) in [6, 6.07) is 0.497. The average molecular weight is 268 g/mol. The zero-order valence-electron chi connectivity index (χ0n) is 11.9. The second kappa shape index (κ2) is 4.45. The van der Waals surface area contributed by atoms with Crippen molar-refractivity contribution >= 4 is 5.91 Å². The van der Waals surface area contributed by atoms with Crippen LogP contribution in [0.2, 0.25) is 0 Å². The standard InChI is InChI=1S/C17H20N2O/c1-19-7-3-2-4-12(19)10-18-17(20)14-6-5-13-15-8-11(15)9-16(13)14/h5-6,9,12H,2-4,7-8,10H2,1H3,(H,18,20). The second-order valence-corrected chi connectivity index (χ2v) is 6.24. The van der Waals surface area contributed by atoms with Crippen LogP contribution >= 0.6 is 0 Å². The molecule has 1 saturated heterocycles. The summed E-state index contributed by atoms with van der Waals surface area (Å²) in [5.41, 5.74) is 6.17. The minimum atomic E-state index is 0.0870. The molecule has 0 aromatic carbocycles. The molecule has 4 aliphatic rings. The highest BCUT2D eigenvalue weighted by atomic mass is 16.1. The van der Waals surface area contributed by atoms with Gasteiger partial charge in [-0.2, -0.15) is 0 Å². The van der Waals surface area contributed by atoms with Crippen LogP contribution in [0.1, 0.15) is 25.7 Å². The fourth-order valence-corrected chi connectivity index (χ4v) is 3.54. The molecule has 2 fully saturated rings. The van der Waals surface area contributed by atoms with Gasteiger partial charge < -0.3 is 10.2 Å². The number of hydrogen-bond acceptors (Lipinski definition) is 2. The molecule has 3 heteroatoms. The summed E-state index contributed by atoms with van der Waals surface area (Å²) in [5.74, 6) is 0.0870. The number of likely N-dealkylation sites (tertiary alicyclic amines) is 1. The Morgan fingerprint density at radius 1 is 1.35 bits per heavy atom. The van der Waals surface area contributed by atoms with Crippen molar-refractivity contribution in [3.8, 4) is 0 Å². The molecule has 3 nitrogen and oxygen atoms in total. The Morgan fingerprint density at radius 2 is 2.25 bits per heavy atom. The van der Waals surface area contributed by atoms with Crippen molar-refractivity contribution in [1.82, 2.24) is 10.2 Å². The van der Waals surface area contributed by atoms with Crippen molar-refractivity contribution in [2.45, 2.75) is 31.7 Å². The van der Waals surface area contributed by atoms with Crippen molar-refractivity contribution in [2.75, 3.05) is 20.1 Å². The number of allylic oxidation sites excluding steroid dienone is 6. The zero-order chi connectivity index (χ0) is 13.7. The molecule has 0 aromatic rings. The number of carbonyl (C=O) groups is 1. The van der Waals surface area contributed by atoms with E-state index in [0.717, 1.165) is 30.7 Å². The van der Waals surface area contributed by atoms with E-state index in [-0.39, 0.29) is 5.91 Å². The molecule has 1 aliphatic heterocycles. The molecule has 1 atom stereocenters. The molecule has 4 rings (SSSR count). The quantitative estimate of drug-likeness (QED) is 0.850. The predicted octanol–water partition coefficient (Wildman–Crippen LogP) is 2.09. The molecule has 1 heterocycles. The van der Waals surface area contributed by atoms with Gasteiger partial charge in [0, 0.05) is 18.2 Å². The van der Waals surface area contributed by atoms with Crippen LogP contribution in [0.4, 0.5) is 0 Å². The largest absolute Gasteiger partial charge is 0.350 e. The third-order valence-electron chi connectivity index (χ3n) is 4.93. The van der Waals surface area contributed by atoms with Gasteiger partial charge in [-0.1, -0.05) is 12.5 Å².